The molecule has 5 nitrogen and oxygen atoms in total. The first-order valence-corrected chi connectivity index (χ1v) is 10.1. The van der Waals surface area contributed by atoms with Gasteiger partial charge in [-0.1, -0.05) is 18.2 Å². The van der Waals surface area contributed by atoms with Crippen LogP contribution in [0.3, 0.4) is 0 Å². The zero-order chi connectivity index (χ0) is 18.6. The Balaban J connectivity index is 1.41. The minimum Gasteiger partial charge on any atom is -0.384 e. The molecule has 1 aromatic carbocycles. The fourth-order valence-corrected chi connectivity index (χ4v) is 4.75. The Bertz CT molecular complexity index is 879. The number of thiazole rings is 1. The first kappa shape index (κ1) is 18.1. The lowest BCUT2D eigenvalue weighted by Crippen LogP contribution is -2.29. The van der Waals surface area contributed by atoms with Crippen LogP contribution in [-0.4, -0.2) is 47.6 Å². The molecular formula is C21H23N3O2S. The first-order valence-electron chi connectivity index (χ1n) is 9.26. The Morgan fingerprint density at radius 1 is 1.22 bits per heavy atom. The summed E-state index contributed by atoms with van der Waals surface area (Å²) in [6, 6.07) is 14.1. The van der Waals surface area contributed by atoms with Gasteiger partial charge in [0.25, 0.3) is 0 Å². The number of aryl methyl sites for hydroxylation is 1. The van der Waals surface area contributed by atoms with Gasteiger partial charge in [0.2, 0.25) is 5.91 Å². The number of nitrogens with zero attached hydrogens (tertiary/aromatic N) is 3. The zero-order valence-corrected chi connectivity index (χ0v) is 16.2. The van der Waals surface area contributed by atoms with Gasteiger partial charge in [-0.15, -0.1) is 11.3 Å². The second kappa shape index (κ2) is 8.15. The normalized spacial score (nSPS) is 19.7. The summed E-state index contributed by atoms with van der Waals surface area (Å²) < 4.78 is 6.57. The van der Waals surface area contributed by atoms with E-state index in [1.165, 1.54) is 4.70 Å². The Morgan fingerprint density at radius 3 is 2.85 bits per heavy atom. The number of rotatable bonds is 6. The van der Waals surface area contributed by atoms with E-state index in [-0.39, 0.29) is 17.7 Å². The molecule has 3 aromatic rings. The van der Waals surface area contributed by atoms with Crippen LogP contribution in [0.5, 0.6) is 0 Å². The van der Waals surface area contributed by atoms with Crippen LogP contribution in [0.1, 0.15) is 23.0 Å². The van der Waals surface area contributed by atoms with Crippen molar-refractivity contribution < 1.29 is 9.53 Å². The largest absolute Gasteiger partial charge is 0.384 e. The van der Waals surface area contributed by atoms with Crippen LogP contribution in [0.2, 0.25) is 0 Å². The van der Waals surface area contributed by atoms with Crippen LogP contribution in [0.15, 0.2) is 48.7 Å². The predicted molar refractivity (Wildman–Crippen MR) is 107 cm³/mol. The molecule has 0 aliphatic carbocycles. The monoisotopic (exact) mass is 381 g/mol. The molecule has 2 aromatic heterocycles. The number of ether oxygens (including phenoxy) is 1. The number of hydrogen-bond acceptors (Lipinski definition) is 5. The van der Waals surface area contributed by atoms with E-state index < -0.39 is 0 Å². The molecule has 0 radical (unpaired) electrons. The number of para-hydroxylation sites is 1. The highest BCUT2D eigenvalue weighted by Gasteiger charge is 2.36. The van der Waals surface area contributed by atoms with Crippen LogP contribution in [0.25, 0.3) is 10.2 Å². The minimum absolute atomic E-state index is 0.189. The Labute approximate surface area is 163 Å². The molecule has 0 spiro atoms. The molecule has 1 aliphatic rings. The molecule has 1 saturated heterocycles. The van der Waals surface area contributed by atoms with E-state index in [1.54, 1.807) is 18.4 Å². The molecule has 0 N–H and O–H groups in total. The number of carbonyl (C=O) groups excluding carboxylic acids is 1. The zero-order valence-electron chi connectivity index (χ0n) is 15.4. The van der Waals surface area contributed by atoms with Gasteiger partial charge >= 0.3 is 0 Å². The fourth-order valence-electron chi connectivity index (χ4n) is 3.79. The minimum atomic E-state index is 0.189. The third-order valence-electron chi connectivity index (χ3n) is 5.13. The van der Waals surface area contributed by atoms with Gasteiger partial charge in [-0.3, -0.25) is 9.78 Å². The third kappa shape index (κ3) is 4.01. The first-order chi connectivity index (χ1) is 13.2. The van der Waals surface area contributed by atoms with E-state index in [1.807, 2.05) is 47.5 Å². The van der Waals surface area contributed by atoms with Gasteiger partial charge in [0.1, 0.15) is 0 Å². The van der Waals surface area contributed by atoms with E-state index in [0.717, 1.165) is 22.8 Å². The van der Waals surface area contributed by atoms with Crippen molar-refractivity contribution in [3.63, 3.8) is 0 Å². The summed E-state index contributed by atoms with van der Waals surface area (Å²) >= 11 is 1.68. The summed E-state index contributed by atoms with van der Waals surface area (Å²) in [5, 5.41) is 1.03. The highest BCUT2D eigenvalue weighted by atomic mass is 32.1. The highest BCUT2D eigenvalue weighted by molar-refractivity contribution is 7.18. The number of methoxy groups -OCH3 is 1. The van der Waals surface area contributed by atoms with E-state index >= 15 is 0 Å². The van der Waals surface area contributed by atoms with Gasteiger partial charge in [0.15, 0.2) is 0 Å². The van der Waals surface area contributed by atoms with Crippen LogP contribution in [0, 0.1) is 5.92 Å². The molecule has 3 heterocycles. The molecule has 1 amide bonds. The van der Waals surface area contributed by atoms with Gasteiger partial charge in [-0.25, -0.2) is 4.98 Å². The van der Waals surface area contributed by atoms with Gasteiger partial charge in [0.05, 0.1) is 21.8 Å². The fraction of sp³-hybridized carbons (Fsp3) is 0.381. The lowest BCUT2D eigenvalue weighted by Gasteiger charge is -2.16. The maximum Gasteiger partial charge on any atom is 0.223 e. The Morgan fingerprint density at radius 2 is 2.07 bits per heavy atom. The molecule has 1 aliphatic heterocycles. The molecule has 1 fully saturated rings. The molecule has 140 valence electrons. The van der Waals surface area contributed by atoms with E-state index in [2.05, 4.69) is 16.0 Å². The number of fused-ring (bicyclic) bond motifs is 1. The van der Waals surface area contributed by atoms with Gasteiger partial charge in [-0.05, 0) is 24.3 Å². The van der Waals surface area contributed by atoms with Gasteiger partial charge < -0.3 is 9.64 Å². The summed E-state index contributed by atoms with van der Waals surface area (Å²) in [4.78, 5) is 23.9. The maximum absolute atomic E-state index is 12.8. The van der Waals surface area contributed by atoms with Crippen molar-refractivity contribution in [3.05, 3.63) is 59.4 Å². The maximum atomic E-state index is 12.8. The number of benzene rings is 1. The number of likely N-dealkylation sites (tertiary alicyclic amines) is 1. The average Bonchev–Trinajstić information content (AvgIpc) is 3.31. The van der Waals surface area contributed by atoms with Crippen LogP contribution < -0.4 is 0 Å². The molecule has 2 atom stereocenters. The summed E-state index contributed by atoms with van der Waals surface area (Å²) in [7, 11) is 1.72. The van der Waals surface area contributed by atoms with Crippen LogP contribution >= 0.6 is 11.3 Å². The van der Waals surface area contributed by atoms with Crippen molar-refractivity contribution in [1.29, 1.82) is 0 Å². The predicted octanol–water partition coefficient (Wildman–Crippen LogP) is 3.51. The van der Waals surface area contributed by atoms with Crippen LogP contribution in [-0.2, 0) is 16.0 Å². The molecular weight excluding hydrogens is 358 g/mol. The van der Waals surface area contributed by atoms with Crippen molar-refractivity contribution in [1.82, 2.24) is 14.9 Å². The van der Waals surface area contributed by atoms with Crippen molar-refractivity contribution in [3.8, 4) is 0 Å². The standard InChI is InChI=1S/C21H23N3O2S/c1-26-14-15-12-24(13-16(15)17-6-4-5-11-22-17)21(25)10-9-20-23-18-7-2-3-8-19(18)27-20/h2-8,11,15-16H,9-10,12-14H2,1H3/t15-,16+/m0/s1. The number of hydrogen-bond donors (Lipinski definition) is 0. The summed E-state index contributed by atoms with van der Waals surface area (Å²) in [5.74, 6) is 0.711. The third-order valence-corrected chi connectivity index (χ3v) is 6.23. The van der Waals surface area contributed by atoms with E-state index in [0.29, 0.717) is 26.0 Å². The van der Waals surface area contributed by atoms with Gasteiger partial charge in [-0.2, -0.15) is 0 Å². The van der Waals surface area contributed by atoms with Crippen molar-refractivity contribution in [2.24, 2.45) is 5.92 Å². The molecule has 6 heteroatoms. The van der Waals surface area contributed by atoms with Crippen molar-refractivity contribution in [2.75, 3.05) is 26.8 Å². The molecule has 0 unspecified atom stereocenters. The number of aromatic nitrogens is 2. The summed E-state index contributed by atoms with van der Waals surface area (Å²) in [5.41, 5.74) is 2.06. The van der Waals surface area contributed by atoms with Gasteiger partial charge in [0, 0.05) is 56.8 Å². The molecule has 0 bridgehead atoms. The lowest BCUT2D eigenvalue weighted by atomic mass is 9.93. The number of carbonyl (C=O) groups is 1. The molecule has 4 rings (SSSR count). The second-order valence-corrected chi connectivity index (χ2v) is 8.07. The summed E-state index contributed by atoms with van der Waals surface area (Å²) in [6.07, 6.45) is 3.00. The quantitative estimate of drug-likeness (QED) is 0.656. The smallest absolute Gasteiger partial charge is 0.223 e. The molecule has 0 saturated carbocycles. The van der Waals surface area contributed by atoms with E-state index in [4.69, 9.17) is 4.74 Å². The summed E-state index contributed by atoms with van der Waals surface area (Å²) in [6.45, 7) is 2.08. The van der Waals surface area contributed by atoms with E-state index in [9.17, 15) is 4.79 Å². The SMILES string of the molecule is COC[C@@H]1CN(C(=O)CCc2nc3ccccc3s2)C[C@H]1c1ccccn1. The molecule has 27 heavy (non-hydrogen) atoms. The van der Waals surface area contributed by atoms with Crippen LogP contribution in [0.4, 0.5) is 0 Å². The van der Waals surface area contributed by atoms with Crippen molar-refractivity contribution in [2.45, 2.75) is 18.8 Å². The topological polar surface area (TPSA) is 55.3 Å². The Kier molecular flexibility index (Phi) is 5.45. The number of amides is 1. The highest BCUT2D eigenvalue weighted by Crippen LogP contribution is 2.32. The van der Waals surface area contributed by atoms with Crippen molar-refractivity contribution >= 4 is 27.5 Å². The lowest BCUT2D eigenvalue weighted by molar-refractivity contribution is -0.130. The average molecular weight is 382 g/mol. The number of pyridine rings is 1. The Hall–Kier alpha value is -2.31. The second-order valence-electron chi connectivity index (χ2n) is 6.95.